The summed E-state index contributed by atoms with van der Waals surface area (Å²) in [6.45, 7) is 3.99. The van der Waals surface area contributed by atoms with Crippen LogP contribution >= 0.6 is 11.3 Å². The Labute approximate surface area is 127 Å². The first kappa shape index (κ1) is 15.3. The number of carbonyl (C=O) groups excluding carboxylic acids is 2. The summed E-state index contributed by atoms with van der Waals surface area (Å²) in [5.41, 5.74) is 6.98. The number of rotatable bonds is 5. The van der Waals surface area contributed by atoms with Crippen LogP contribution in [0, 0.1) is 6.92 Å². The van der Waals surface area contributed by atoms with Gasteiger partial charge in [-0.1, -0.05) is 37.3 Å². The van der Waals surface area contributed by atoms with E-state index in [1.807, 2.05) is 19.9 Å². The minimum absolute atomic E-state index is 0.492. The predicted molar refractivity (Wildman–Crippen MR) is 82.2 cm³/mol. The highest BCUT2D eigenvalue weighted by atomic mass is 32.1. The van der Waals surface area contributed by atoms with Crippen molar-refractivity contribution >= 4 is 23.2 Å². The summed E-state index contributed by atoms with van der Waals surface area (Å²) in [6.07, 6.45) is -0.201. The summed E-state index contributed by atoms with van der Waals surface area (Å²) < 4.78 is 5.29. The van der Waals surface area contributed by atoms with Crippen molar-refractivity contribution in [2.45, 2.75) is 26.4 Å². The van der Waals surface area contributed by atoms with E-state index in [2.05, 4.69) is 0 Å². The fraction of sp³-hybridized carbons (Fsp3) is 0.250. The number of primary amides is 1. The van der Waals surface area contributed by atoms with Gasteiger partial charge >= 0.3 is 5.97 Å². The molecule has 0 saturated carbocycles. The predicted octanol–water partition coefficient (Wildman–Crippen LogP) is 3.00. The van der Waals surface area contributed by atoms with Gasteiger partial charge in [-0.15, -0.1) is 11.3 Å². The summed E-state index contributed by atoms with van der Waals surface area (Å²) in [4.78, 5) is 25.4. The van der Waals surface area contributed by atoms with Gasteiger partial charge in [0.15, 0.2) is 0 Å². The van der Waals surface area contributed by atoms with Crippen LogP contribution in [0.15, 0.2) is 36.4 Å². The Balaban J connectivity index is 2.21. The lowest BCUT2D eigenvalue weighted by Gasteiger charge is -2.14. The molecule has 0 aliphatic rings. The number of amides is 1. The maximum absolute atomic E-state index is 12.2. The lowest BCUT2D eigenvalue weighted by molar-refractivity contribution is -0.127. The highest BCUT2D eigenvalue weighted by Crippen LogP contribution is 2.25. The van der Waals surface area contributed by atoms with Crippen LogP contribution in [0.4, 0.5) is 0 Å². The van der Waals surface area contributed by atoms with Crippen molar-refractivity contribution < 1.29 is 14.3 Å². The third-order valence-corrected chi connectivity index (χ3v) is 4.49. The van der Waals surface area contributed by atoms with E-state index in [-0.39, 0.29) is 0 Å². The zero-order valence-electron chi connectivity index (χ0n) is 12.0. The van der Waals surface area contributed by atoms with E-state index in [0.29, 0.717) is 10.4 Å². The molecule has 1 atom stereocenters. The number of carbonyl (C=O) groups is 2. The summed E-state index contributed by atoms with van der Waals surface area (Å²) in [5.74, 6) is -1.20. The molecule has 0 aliphatic carbocycles. The van der Waals surface area contributed by atoms with Crippen molar-refractivity contribution in [3.8, 4) is 0 Å². The molecule has 21 heavy (non-hydrogen) atoms. The van der Waals surface area contributed by atoms with Gasteiger partial charge in [-0.25, -0.2) is 4.79 Å². The van der Waals surface area contributed by atoms with Crippen molar-refractivity contribution in [3.05, 3.63) is 57.3 Å². The Morgan fingerprint density at radius 1 is 1.29 bits per heavy atom. The number of aryl methyl sites for hydroxylation is 2. The number of ether oxygens (including phenoxy) is 1. The second kappa shape index (κ2) is 6.54. The molecule has 0 radical (unpaired) electrons. The van der Waals surface area contributed by atoms with Crippen molar-refractivity contribution in [2.24, 2.45) is 5.73 Å². The number of benzene rings is 1. The topological polar surface area (TPSA) is 69.4 Å². The lowest BCUT2D eigenvalue weighted by Crippen LogP contribution is -2.26. The zero-order valence-corrected chi connectivity index (χ0v) is 12.8. The largest absolute Gasteiger partial charge is 0.443 e. The Kier molecular flexibility index (Phi) is 4.75. The fourth-order valence-corrected chi connectivity index (χ4v) is 3.05. The quantitative estimate of drug-likeness (QED) is 0.863. The smallest absolute Gasteiger partial charge is 0.349 e. The summed E-state index contributed by atoms with van der Waals surface area (Å²) >= 11 is 1.39. The van der Waals surface area contributed by atoms with Gasteiger partial charge in [-0.2, -0.15) is 0 Å². The van der Waals surface area contributed by atoms with Gasteiger partial charge in [0.1, 0.15) is 4.88 Å². The minimum Gasteiger partial charge on any atom is -0.443 e. The maximum atomic E-state index is 12.2. The first-order valence-electron chi connectivity index (χ1n) is 6.67. The summed E-state index contributed by atoms with van der Waals surface area (Å²) in [7, 11) is 0. The van der Waals surface area contributed by atoms with Gasteiger partial charge in [0.25, 0.3) is 5.91 Å². The van der Waals surface area contributed by atoms with Gasteiger partial charge in [0, 0.05) is 10.4 Å². The third-order valence-electron chi connectivity index (χ3n) is 3.13. The summed E-state index contributed by atoms with van der Waals surface area (Å²) in [5, 5.41) is 0. The molecular weight excluding hydrogens is 286 g/mol. The number of thiophene rings is 1. The van der Waals surface area contributed by atoms with Crippen molar-refractivity contribution in [3.63, 3.8) is 0 Å². The van der Waals surface area contributed by atoms with Crippen LogP contribution < -0.4 is 5.73 Å². The van der Waals surface area contributed by atoms with Crippen molar-refractivity contribution in [1.82, 2.24) is 0 Å². The average Bonchev–Trinajstić information content (AvgIpc) is 2.86. The second-order valence-corrected chi connectivity index (χ2v) is 5.81. The van der Waals surface area contributed by atoms with Crippen molar-refractivity contribution in [1.29, 1.82) is 0 Å². The second-order valence-electron chi connectivity index (χ2n) is 4.67. The molecule has 0 bridgehead atoms. The first-order chi connectivity index (χ1) is 10.0. The molecule has 0 saturated heterocycles. The lowest BCUT2D eigenvalue weighted by atomic mass is 10.1. The molecule has 2 N–H and O–H groups in total. The van der Waals surface area contributed by atoms with E-state index in [9.17, 15) is 9.59 Å². The highest BCUT2D eigenvalue weighted by Gasteiger charge is 2.24. The molecule has 1 heterocycles. The Morgan fingerprint density at radius 2 is 1.95 bits per heavy atom. The van der Waals surface area contributed by atoms with Crippen LogP contribution in [-0.4, -0.2) is 11.9 Å². The number of hydrogen-bond acceptors (Lipinski definition) is 4. The highest BCUT2D eigenvalue weighted by molar-refractivity contribution is 7.14. The SMILES string of the molecule is CCc1sc(C(=O)OC(C(N)=O)c2ccccc2)cc1C. The minimum atomic E-state index is -1.06. The Bertz CT molecular complexity index is 649. The summed E-state index contributed by atoms with van der Waals surface area (Å²) in [6, 6.07) is 10.6. The molecule has 2 aromatic rings. The molecule has 0 fully saturated rings. The van der Waals surface area contributed by atoms with Crippen LogP contribution in [0.2, 0.25) is 0 Å². The molecular formula is C16H17NO3S. The van der Waals surface area contributed by atoms with E-state index in [4.69, 9.17) is 10.5 Å². The Morgan fingerprint density at radius 3 is 2.48 bits per heavy atom. The average molecular weight is 303 g/mol. The van der Waals surface area contributed by atoms with Gasteiger partial charge < -0.3 is 10.5 Å². The van der Waals surface area contributed by atoms with Crippen LogP contribution in [0.25, 0.3) is 0 Å². The molecule has 1 unspecified atom stereocenters. The van der Waals surface area contributed by atoms with E-state index >= 15 is 0 Å². The maximum Gasteiger partial charge on any atom is 0.349 e. The molecule has 4 nitrogen and oxygen atoms in total. The van der Waals surface area contributed by atoms with Crippen LogP contribution in [0.5, 0.6) is 0 Å². The van der Waals surface area contributed by atoms with E-state index in [1.165, 1.54) is 11.3 Å². The van der Waals surface area contributed by atoms with Crippen LogP contribution in [-0.2, 0) is 16.0 Å². The zero-order chi connectivity index (χ0) is 15.4. The molecule has 2 rings (SSSR count). The molecule has 0 spiro atoms. The van der Waals surface area contributed by atoms with Crippen LogP contribution in [0.3, 0.4) is 0 Å². The Hall–Kier alpha value is -2.14. The van der Waals surface area contributed by atoms with Gasteiger partial charge in [-0.05, 0) is 25.0 Å². The molecule has 0 aliphatic heterocycles. The third kappa shape index (κ3) is 3.49. The fourth-order valence-electron chi connectivity index (χ4n) is 2.05. The van der Waals surface area contributed by atoms with Gasteiger partial charge in [-0.3, -0.25) is 4.79 Å². The first-order valence-corrected chi connectivity index (χ1v) is 7.49. The molecule has 1 aromatic heterocycles. The number of esters is 1. The van der Waals surface area contributed by atoms with E-state index < -0.39 is 18.0 Å². The molecule has 110 valence electrons. The van der Waals surface area contributed by atoms with Gasteiger partial charge in [0.2, 0.25) is 6.10 Å². The normalized spacial score (nSPS) is 11.9. The van der Waals surface area contributed by atoms with Gasteiger partial charge in [0.05, 0.1) is 0 Å². The molecule has 1 amide bonds. The monoisotopic (exact) mass is 303 g/mol. The van der Waals surface area contributed by atoms with Crippen LogP contribution in [0.1, 0.15) is 38.7 Å². The van der Waals surface area contributed by atoms with E-state index in [0.717, 1.165) is 16.9 Å². The number of nitrogens with two attached hydrogens (primary N) is 1. The molecule has 1 aromatic carbocycles. The van der Waals surface area contributed by atoms with Crippen molar-refractivity contribution in [2.75, 3.05) is 0 Å². The molecule has 5 heteroatoms. The van der Waals surface area contributed by atoms with E-state index in [1.54, 1.807) is 30.3 Å². The standard InChI is InChI=1S/C16H17NO3S/c1-3-12-10(2)9-13(21-12)16(19)20-14(15(17)18)11-7-5-4-6-8-11/h4-9,14H,3H2,1-2H3,(H2,17,18). The number of hydrogen-bond donors (Lipinski definition) is 1.